The van der Waals surface area contributed by atoms with Gasteiger partial charge in [-0.05, 0) is 30.3 Å². The average molecular weight is 291 g/mol. The van der Waals surface area contributed by atoms with E-state index in [-0.39, 0.29) is 10.6 Å². The fourth-order valence-corrected chi connectivity index (χ4v) is 1.84. The van der Waals surface area contributed by atoms with E-state index in [1.165, 1.54) is 30.3 Å². The van der Waals surface area contributed by atoms with Gasteiger partial charge in [0.15, 0.2) is 0 Å². The van der Waals surface area contributed by atoms with Crippen molar-refractivity contribution >= 4 is 23.2 Å². The smallest absolute Gasteiger partial charge is 0.262 e. The van der Waals surface area contributed by atoms with Crippen LogP contribution in [0.5, 0.6) is 5.75 Å². The fourth-order valence-electron chi connectivity index (χ4n) is 1.61. The first kappa shape index (κ1) is 13.8. The Balaban J connectivity index is 2.29. The van der Waals surface area contributed by atoms with Crippen LogP contribution < -0.4 is 5.32 Å². The summed E-state index contributed by atoms with van der Waals surface area (Å²) in [5.74, 6) is -2.09. The van der Waals surface area contributed by atoms with Crippen molar-refractivity contribution in [2.45, 2.75) is 0 Å². The fraction of sp³-hybridized carbons (Fsp3) is 0. The normalized spacial score (nSPS) is 9.85. The first-order valence-electron chi connectivity index (χ1n) is 5.51. The Hall–Kier alpha value is -2.58. The third-order valence-corrected chi connectivity index (χ3v) is 2.88. The lowest BCUT2D eigenvalue weighted by Crippen LogP contribution is -2.14. The topological polar surface area (TPSA) is 73.1 Å². The Morgan fingerprint density at radius 3 is 2.70 bits per heavy atom. The van der Waals surface area contributed by atoms with Gasteiger partial charge < -0.3 is 10.4 Å². The van der Waals surface area contributed by atoms with E-state index in [0.717, 1.165) is 6.07 Å². The van der Waals surface area contributed by atoms with E-state index in [1.807, 2.05) is 6.07 Å². The number of aromatic hydroxyl groups is 1. The minimum absolute atomic E-state index is 0.169. The van der Waals surface area contributed by atoms with Crippen molar-refractivity contribution in [3.8, 4) is 11.8 Å². The second kappa shape index (κ2) is 5.59. The number of nitrogens with one attached hydrogen (secondary N) is 1. The molecule has 0 bridgehead atoms. The number of carbonyl (C=O) groups is 1. The van der Waals surface area contributed by atoms with Crippen LogP contribution in [0, 0.1) is 17.1 Å². The van der Waals surface area contributed by atoms with E-state index < -0.39 is 23.0 Å². The highest BCUT2D eigenvalue weighted by molar-refractivity contribution is 6.32. The lowest BCUT2D eigenvalue weighted by atomic mass is 10.1. The van der Waals surface area contributed by atoms with E-state index >= 15 is 0 Å². The van der Waals surface area contributed by atoms with Gasteiger partial charge in [-0.3, -0.25) is 4.79 Å². The van der Waals surface area contributed by atoms with Crippen LogP contribution in [0.1, 0.15) is 15.9 Å². The molecule has 0 spiro atoms. The summed E-state index contributed by atoms with van der Waals surface area (Å²) < 4.78 is 13.5. The molecule has 20 heavy (non-hydrogen) atoms. The second-order valence-corrected chi connectivity index (χ2v) is 4.30. The minimum Gasteiger partial charge on any atom is -0.507 e. The molecule has 6 heteroatoms. The number of rotatable bonds is 2. The highest BCUT2D eigenvalue weighted by Gasteiger charge is 2.16. The molecular weight excluding hydrogens is 283 g/mol. The molecule has 0 atom stereocenters. The van der Waals surface area contributed by atoms with Crippen LogP contribution in [0.2, 0.25) is 5.02 Å². The number of phenols is 1. The van der Waals surface area contributed by atoms with Crippen molar-refractivity contribution in [1.82, 2.24) is 0 Å². The molecule has 0 heterocycles. The summed E-state index contributed by atoms with van der Waals surface area (Å²) in [6.45, 7) is 0. The van der Waals surface area contributed by atoms with E-state index in [0.29, 0.717) is 5.69 Å². The largest absolute Gasteiger partial charge is 0.507 e. The third-order valence-electron chi connectivity index (χ3n) is 2.57. The quantitative estimate of drug-likeness (QED) is 0.891. The molecule has 2 aromatic carbocycles. The van der Waals surface area contributed by atoms with Gasteiger partial charge in [-0.25, -0.2) is 4.39 Å². The SMILES string of the molecule is N#Cc1ccc(NC(=O)c2c(O)cccc2F)cc1Cl. The van der Waals surface area contributed by atoms with Crippen LogP contribution in [0.3, 0.4) is 0 Å². The summed E-state index contributed by atoms with van der Waals surface area (Å²) >= 11 is 5.82. The van der Waals surface area contributed by atoms with Gasteiger partial charge in [0.05, 0.1) is 10.6 Å². The van der Waals surface area contributed by atoms with Crippen LogP contribution >= 0.6 is 11.6 Å². The van der Waals surface area contributed by atoms with Gasteiger partial charge in [-0.2, -0.15) is 5.26 Å². The Kier molecular flexibility index (Phi) is 3.87. The van der Waals surface area contributed by atoms with Gasteiger partial charge >= 0.3 is 0 Å². The summed E-state index contributed by atoms with van der Waals surface area (Å²) in [5.41, 5.74) is 0.105. The number of hydrogen-bond acceptors (Lipinski definition) is 3. The second-order valence-electron chi connectivity index (χ2n) is 3.89. The Morgan fingerprint density at radius 2 is 2.10 bits per heavy atom. The molecule has 0 aliphatic heterocycles. The molecule has 100 valence electrons. The van der Waals surface area contributed by atoms with Gasteiger partial charge in [-0.1, -0.05) is 17.7 Å². The Labute approximate surface area is 119 Å². The molecule has 0 aliphatic carbocycles. The van der Waals surface area contributed by atoms with Crippen LogP contribution in [0.4, 0.5) is 10.1 Å². The average Bonchev–Trinajstić information content (AvgIpc) is 2.38. The van der Waals surface area contributed by atoms with Crippen molar-refractivity contribution in [1.29, 1.82) is 5.26 Å². The van der Waals surface area contributed by atoms with Gasteiger partial charge in [0.25, 0.3) is 5.91 Å². The van der Waals surface area contributed by atoms with Gasteiger partial charge in [0.2, 0.25) is 0 Å². The summed E-state index contributed by atoms with van der Waals surface area (Å²) in [5, 5.41) is 20.8. The number of nitrogens with zero attached hydrogens (tertiary/aromatic N) is 1. The predicted molar refractivity (Wildman–Crippen MR) is 72.2 cm³/mol. The molecule has 1 amide bonds. The molecule has 0 radical (unpaired) electrons. The monoisotopic (exact) mass is 290 g/mol. The first-order valence-corrected chi connectivity index (χ1v) is 5.89. The zero-order valence-corrected chi connectivity index (χ0v) is 10.8. The van der Waals surface area contributed by atoms with Gasteiger partial charge in [-0.15, -0.1) is 0 Å². The number of anilines is 1. The Morgan fingerprint density at radius 1 is 1.35 bits per heavy atom. The standard InChI is InChI=1S/C14H8ClFN2O2/c15-10-6-9(5-4-8(10)7-17)18-14(20)13-11(16)2-1-3-12(13)19/h1-6,19H,(H,18,20). The van der Waals surface area contributed by atoms with Gasteiger partial charge in [0.1, 0.15) is 23.2 Å². The lowest BCUT2D eigenvalue weighted by Gasteiger charge is -2.08. The maximum absolute atomic E-state index is 13.5. The molecular formula is C14H8ClFN2O2. The van der Waals surface area contributed by atoms with E-state index in [4.69, 9.17) is 16.9 Å². The molecule has 2 N–H and O–H groups in total. The molecule has 4 nitrogen and oxygen atoms in total. The maximum atomic E-state index is 13.5. The van der Waals surface area contributed by atoms with Gasteiger partial charge in [0, 0.05) is 5.69 Å². The highest BCUT2D eigenvalue weighted by Crippen LogP contribution is 2.24. The summed E-state index contributed by atoms with van der Waals surface area (Å²) in [6, 6.07) is 9.71. The number of carbonyl (C=O) groups excluding carboxylic acids is 1. The van der Waals surface area contributed by atoms with Crippen LogP contribution in [0.15, 0.2) is 36.4 Å². The molecule has 0 saturated heterocycles. The lowest BCUT2D eigenvalue weighted by molar-refractivity contribution is 0.102. The molecule has 0 aliphatic rings. The molecule has 2 rings (SSSR count). The van der Waals surface area contributed by atoms with Crippen molar-refractivity contribution in [3.63, 3.8) is 0 Å². The zero-order valence-electron chi connectivity index (χ0n) is 10.0. The van der Waals surface area contributed by atoms with E-state index in [1.54, 1.807) is 0 Å². The van der Waals surface area contributed by atoms with Crippen LogP contribution in [0.25, 0.3) is 0 Å². The summed E-state index contributed by atoms with van der Waals surface area (Å²) in [6.07, 6.45) is 0. The van der Waals surface area contributed by atoms with E-state index in [2.05, 4.69) is 5.32 Å². The number of amides is 1. The maximum Gasteiger partial charge on any atom is 0.262 e. The molecule has 0 aromatic heterocycles. The predicted octanol–water partition coefficient (Wildman–Crippen LogP) is 3.31. The summed E-state index contributed by atoms with van der Waals surface area (Å²) in [4.78, 5) is 11.9. The highest BCUT2D eigenvalue weighted by atomic mass is 35.5. The van der Waals surface area contributed by atoms with Crippen LogP contribution in [-0.2, 0) is 0 Å². The number of hydrogen-bond donors (Lipinski definition) is 2. The molecule has 2 aromatic rings. The number of halogens is 2. The number of nitriles is 1. The third kappa shape index (κ3) is 2.71. The van der Waals surface area contributed by atoms with Crippen molar-refractivity contribution in [3.05, 3.63) is 58.4 Å². The zero-order chi connectivity index (χ0) is 14.7. The first-order chi connectivity index (χ1) is 9.52. The summed E-state index contributed by atoms with van der Waals surface area (Å²) in [7, 11) is 0. The van der Waals surface area contributed by atoms with Crippen molar-refractivity contribution in [2.75, 3.05) is 5.32 Å². The van der Waals surface area contributed by atoms with Crippen molar-refractivity contribution in [2.24, 2.45) is 0 Å². The van der Waals surface area contributed by atoms with E-state index in [9.17, 15) is 14.3 Å². The van der Waals surface area contributed by atoms with Crippen LogP contribution in [-0.4, -0.2) is 11.0 Å². The number of phenolic OH excluding ortho intramolecular Hbond substituents is 1. The minimum atomic E-state index is -0.831. The molecule has 0 saturated carbocycles. The molecule has 0 unspecified atom stereocenters. The molecule has 0 fully saturated rings. The van der Waals surface area contributed by atoms with Crippen molar-refractivity contribution < 1.29 is 14.3 Å². The Bertz CT molecular complexity index is 705. The number of benzene rings is 2.